The molecule has 0 N–H and O–H groups in total. The molecule has 0 aliphatic carbocycles. The van der Waals surface area contributed by atoms with Gasteiger partial charge >= 0.3 is 5.97 Å². The number of esters is 1. The summed E-state index contributed by atoms with van der Waals surface area (Å²) in [6.07, 6.45) is 1.18. The smallest absolute Gasteiger partial charge is 0.338 e. The van der Waals surface area contributed by atoms with Gasteiger partial charge in [0.2, 0.25) is 10.0 Å². The molecule has 164 valence electrons. The molecule has 1 aromatic carbocycles. The number of carbonyl (C=O) groups is 1. The van der Waals surface area contributed by atoms with Crippen molar-refractivity contribution < 1.29 is 22.7 Å². The Morgan fingerprint density at radius 1 is 1.26 bits per heavy atom. The number of thiazole rings is 1. The van der Waals surface area contributed by atoms with Crippen LogP contribution in [-0.4, -0.2) is 53.4 Å². The highest BCUT2D eigenvalue weighted by molar-refractivity contribution is 7.89. The van der Waals surface area contributed by atoms with Gasteiger partial charge in [0, 0.05) is 30.7 Å². The van der Waals surface area contributed by atoms with Crippen LogP contribution in [0.2, 0.25) is 0 Å². The summed E-state index contributed by atoms with van der Waals surface area (Å²) in [5, 5.41) is 1.74. The number of carbonyl (C=O) groups excluding carboxylic acids is 1. The maximum Gasteiger partial charge on any atom is 0.338 e. The number of morpholine rings is 1. The first kappa shape index (κ1) is 21.6. The second-order valence-electron chi connectivity index (χ2n) is 7.32. The summed E-state index contributed by atoms with van der Waals surface area (Å²) in [5.41, 5.74) is 0.157. The number of rotatable bonds is 5. The summed E-state index contributed by atoms with van der Waals surface area (Å²) in [4.78, 5) is 29.4. The van der Waals surface area contributed by atoms with Crippen molar-refractivity contribution in [3.63, 3.8) is 0 Å². The third-order valence-corrected chi connectivity index (χ3v) is 7.39. The van der Waals surface area contributed by atoms with Crippen LogP contribution in [0.5, 0.6) is 0 Å². The minimum absolute atomic E-state index is 0.0135. The molecule has 0 bridgehead atoms. The van der Waals surface area contributed by atoms with Crippen molar-refractivity contribution in [2.45, 2.75) is 37.6 Å². The number of fused-ring (bicyclic) bond motifs is 1. The minimum atomic E-state index is -3.78. The van der Waals surface area contributed by atoms with Crippen molar-refractivity contribution >= 4 is 32.3 Å². The molecule has 3 heterocycles. The van der Waals surface area contributed by atoms with Crippen LogP contribution in [0.25, 0.3) is 4.96 Å². The fraction of sp³-hybridized carbons (Fsp3) is 0.350. The third kappa shape index (κ3) is 4.54. The lowest BCUT2D eigenvalue weighted by Crippen LogP contribution is -2.48. The van der Waals surface area contributed by atoms with Crippen LogP contribution >= 0.6 is 11.3 Å². The molecule has 2 atom stereocenters. The number of hydrogen-bond acceptors (Lipinski definition) is 8. The van der Waals surface area contributed by atoms with Gasteiger partial charge in [-0.15, -0.1) is 11.3 Å². The Bertz CT molecular complexity index is 1270. The number of benzene rings is 1. The molecular formula is C20H21N3O6S2. The van der Waals surface area contributed by atoms with E-state index in [1.807, 2.05) is 13.8 Å². The SMILES string of the molecule is CC1CN(S(=O)(=O)c2cccc(C(=O)OCc3cc(=O)n4ccsc4n3)c2)CC(C)O1. The predicted molar refractivity (Wildman–Crippen MR) is 114 cm³/mol. The molecule has 0 amide bonds. The number of nitrogens with zero attached hydrogens (tertiary/aromatic N) is 3. The van der Waals surface area contributed by atoms with Crippen LogP contribution in [0.15, 0.2) is 51.6 Å². The Morgan fingerprint density at radius 3 is 2.74 bits per heavy atom. The van der Waals surface area contributed by atoms with Crippen LogP contribution < -0.4 is 5.56 Å². The van der Waals surface area contributed by atoms with Gasteiger partial charge in [-0.05, 0) is 32.0 Å². The molecule has 4 rings (SSSR count). The number of aromatic nitrogens is 2. The van der Waals surface area contributed by atoms with Crippen molar-refractivity contribution in [1.29, 1.82) is 0 Å². The van der Waals surface area contributed by atoms with Crippen LogP contribution in [0.4, 0.5) is 0 Å². The summed E-state index contributed by atoms with van der Waals surface area (Å²) in [7, 11) is -3.78. The van der Waals surface area contributed by atoms with E-state index >= 15 is 0 Å². The van der Waals surface area contributed by atoms with E-state index in [-0.39, 0.29) is 47.9 Å². The maximum atomic E-state index is 13.0. The molecular weight excluding hydrogens is 442 g/mol. The maximum absolute atomic E-state index is 13.0. The minimum Gasteiger partial charge on any atom is -0.456 e. The normalized spacial score (nSPS) is 20.1. The number of hydrogen-bond donors (Lipinski definition) is 0. The van der Waals surface area contributed by atoms with Gasteiger partial charge < -0.3 is 9.47 Å². The van der Waals surface area contributed by atoms with E-state index in [9.17, 15) is 18.0 Å². The lowest BCUT2D eigenvalue weighted by atomic mass is 10.2. The van der Waals surface area contributed by atoms with Gasteiger partial charge in [0.15, 0.2) is 4.96 Å². The zero-order valence-corrected chi connectivity index (χ0v) is 18.6. The molecule has 1 saturated heterocycles. The highest BCUT2D eigenvalue weighted by Crippen LogP contribution is 2.22. The number of ether oxygens (including phenoxy) is 2. The van der Waals surface area contributed by atoms with Gasteiger partial charge in [-0.2, -0.15) is 4.31 Å². The van der Waals surface area contributed by atoms with Crippen molar-refractivity contribution in [1.82, 2.24) is 13.7 Å². The van der Waals surface area contributed by atoms with E-state index < -0.39 is 16.0 Å². The summed E-state index contributed by atoms with van der Waals surface area (Å²) >= 11 is 1.30. The zero-order valence-electron chi connectivity index (χ0n) is 16.9. The highest BCUT2D eigenvalue weighted by Gasteiger charge is 2.32. The fourth-order valence-corrected chi connectivity index (χ4v) is 5.82. The molecule has 1 aliphatic rings. The Kier molecular flexibility index (Phi) is 5.93. The fourth-order valence-electron chi connectivity index (χ4n) is 3.44. The van der Waals surface area contributed by atoms with Crippen molar-refractivity contribution in [3.8, 4) is 0 Å². The molecule has 2 aromatic heterocycles. The first-order chi connectivity index (χ1) is 14.7. The lowest BCUT2D eigenvalue weighted by molar-refractivity contribution is -0.0440. The third-order valence-electron chi connectivity index (χ3n) is 4.80. The van der Waals surface area contributed by atoms with E-state index in [4.69, 9.17) is 9.47 Å². The molecule has 0 radical (unpaired) electrons. The Morgan fingerprint density at radius 2 is 2.00 bits per heavy atom. The van der Waals surface area contributed by atoms with Crippen molar-refractivity contribution in [2.24, 2.45) is 0 Å². The predicted octanol–water partition coefficient (Wildman–Crippen LogP) is 1.91. The van der Waals surface area contributed by atoms with Gasteiger partial charge in [0.05, 0.1) is 28.4 Å². The van der Waals surface area contributed by atoms with Gasteiger partial charge in [0.1, 0.15) is 6.61 Å². The van der Waals surface area contributed by atoms with Crippen LogP contribution in [-0.2, 0) is 26.1 Å². The summed E-state index contributed by atoms with van der Waals surface area (Å²) in [5.74, 6) is -0.700. The van der Waals surface area contributed by atoms with Crippen LogP contribution in [0, 0.1) is 0 Å². The van der Waals surface area contributed by atoms with E-state index in [0.717, 1.165) is 0 Å². The average Bonchev–Trinajstić information content (AvgIpc) is 3.21. The van der Waals surface area contributed by atoms with E-state index in [1.54, 1.807) is 11.6 Å². The van der Waals surface area contributed by atoms with Gasteiger partial charge in [0.25, 0.3) is 5.56 Å². The molecule has 1 fully saturated rings. The van der Waals surface area contributed by atoms with Crippen LogP contribution in [0.1, 0.15) is 29.9 Å². The van der Waals surface area contributed by atoms with Gasteiger partial charge in [-0.3, -0.25) is 9.20 Å². The molecule has 0 saturated carbocycles. The Labute approximate surface area is 182 Å². The van der Waals surface area contributed by atoms with Gasteiger partial charge in [-0.1, -0.05) is 6.07 Å². The number of sulfonamides is 1. The second kappa shape index (κ2) is 8.50. The molecule has 3 aromatic rings. The van der Waals surface area contributed by atoms with E-state index in [2.05, 4.69) is 4.98 Å². The Hall–Kier alpha value is -2.60. The standard InChI is InChI=1S/C20H21N3O6S2/c1-13-10-22(11-14(2)29-13)31(26,27)17-5-3-4-15(8-17)19(25)28-12-16-9-18(24)23-6-7-30-20(23)21-16/h3-9,13-14H,10-12H2,1-2H3. The van der Waals surface area contributed by atoms with Crippen molar-refractivity contribution in [3.05, 3.63) is 63.5 Å². The van der Waals surface area contributed by atoms with E-state index in [0.29, 0.717) is 10.7 Å². The molecule has 31 heavy (non-hydrogen) atoms. The first-order valence-corrected chi connectivity index (χ1v) is 11.9. The molecule has 1 aliphatic heterocycles. The topological polar surface area (TPSA) is 107 Å². The van der Waals surface area contributed by atoms with E-state index in [1.165, 1.54) is 50.4 Å². The lowest BCUT2D eigenvalue weighted by Gasteiger charge is -2.34. The van der Waals surface area contributed by atoms with Crippen molar-refractivity contribution in [2.75, 3.05) is 13.1 Å². The molecule has 2 unspecified atom stereocenters. The molecule has 0 spiro atoms. The quantitative estimate of drug-likeness (QED) is 0.532. The highest BCUT2D eigenvalue weighted by atomic mass is 32.2. The summed E-state index contributed by atoms with van der Waals surface area (Å²) < 4.78 is 39.7. The summed E-state index contributed by atoms with van der Waals surface area (Å²) in [6.45, 7) is 3.93. The first-order valence-electron chi connectivity index (χ1n) is 9.62. The second-order valence-corrected chi connectivity index (χ2v) is 10.1. The average molecular weight is 464 g/mol. The summed E-state index contributed by atoms with van der Waals surface area (Å²) in [6, 6.07) is 7.03. The van der Waals surface area contributed by atoms with Gasteiger partial charge in [-0.25, -0.2) is 18.2 Å². The van der Waals surface area contributed by atoms with Crippen LogP contribution in [0.3, 0.4) is 0 Å². The Balaban J connectivity index is 1.50. The monoisotopic (exact) mass is 463 g/mol. The molecule has 9 nitrogen and oxygen atoms in total. The largest absolute Gasteiger partial charge is 0.456 e. The zero-order chi connectivity index (χ0) is 22.2. The molecule has 11 heteroatoms.